The van der Waals surface area contributed by atoms with E-state index < -0.39 is 0 Å². The zero-order valence-electron chi connectivity index (χ0n) is 39.9. The lowest BCUT2D eigenvalue weighted by Crippen LogP contribution is -2.14. The SMILES string of the molecule is CCCCCCCCCCCCCCCCCC(=O)C(CCCCCC)CCCCCCCCCCC(=O)OCCCCCCCCCCCCCCCC(C)C. The topological polar surface area (TPSA) is 43.4 Å². The van der Waals surface area contributed by atoms with Crippen LogP contribution in [0.2, 0.25) is 0 Å². The zero-order valence-corrected chi connectivity index (χ0v) is 39.9. The minimum absolute atomic E-state index is 0.00769. The summed E-state index contributed by atoms with van der Waals surface area (Å²) in [4.78, 5) is 25.4. The lowest BCUT2D eigenvalue weighted by molar-refractivity contribution is -0.143. The molecule has 0 aromatic carbocycles. The summed E-state index contributed by atoms with van der Waals surface area (Å²) in [6, 6.07) is 0. The van der Waals surface area contributed by atoms with Gasteiger partial charge in [0.1, 0.15) is 5.78 Å². The van der Waals surface area contributed by atoms with Crippen molar-refractivity contribution in [3.8, 4) is 0 Å². The van der Waals surface area contributed by atoms with E-state index in [1.165, 1.54) is 238 Å². The summed E-state index contributed by atoms with van der Waals surface area (Å²) in [7, 11) is 0. The van der Waals surface area contributed by atoms with Gasteiger partial charge in [0.25, 0.3) is 0 Å². The number of esters is 1. The Balaban J connectivity index is 3.68. The van der Waals surface area contributed by atoms with Gasteiger partial charge in [-0.3, -0.25) is 9.59 Å². The molecule has 0 aliphatic rings. The van der Waals surface area contributed by atoms with Crippen LogP contribution >= 0.6 is 0 Å². The van der Waals surface area contributed by atoms with E-state index in [0.29, 0.717) is 24.7 Å². The molecule has 0 spiro atoms. The lowest BCUT2D eigenvalue weighted by atomic mass is 9.88. The van der Waals surface area contributed by atoms with Gasteiger partial charge in [0.05, 0.1) is 6.61 Å². The van der Waals surface area contributed by atoms with Gasteiger partial charge in [-0.2, -0.15) is 0 Å². The van der Waals surface area contributed by atoms with Gasteiger partial charge in [0, 0.05) is 18.8 Å². The molecule has 0 aromatic heterocycles. The molecular formula is C54H106O3. The summed E-state index contributed by atoms with van der Waals surface area (Å²) in [5.41, 5.74) is 0. The van der Waals surface area contributed by atoms with E-state index in [1.54, 1.807) is 0 Å². The second kappa shape index (κ2) is 47.8. The van der Waals surface area contributed by atoms with Crippen molar-refractivity contribution in [3.05, 3.63) is 0 Å². The van der Waals surface area contributed by atoms with E-state index >= 15 is 0 Å². The van der Waals surface area contributed by atoms with Crippen molar-refractivity contribution in [2.75, 3.05) is 6.61 Å². The number of carbonyl (C=O) groups excluding carboxylic acids is 2. The van der Waals surface area contributed by atoms with Gasteiger partial charge >= 0.3 is 5.97 Å². The van der Waals surface area contributed by atoms with Crippen LogP contribution < -0.4 is 0 Å². The van der Waals surface area contributed by atoms with Crippen LogP contribution in [0.25, 0.3) is 0 Å². The molecule has 3 heteroatoms. The first-order valence-electron chi connectivity index (χ1n) is 26.7. The van der Waals surface area contributed by atoms with Crippen molar-refractivity contribution in [3.63, 3.8) is 0 Å². The van der Waals surface area contributed by atoms with E-state index in [-0.39, 0.29) is 5.97 Å². The molecular weight excluding hydrogens is 697 g/mol. The molecule has 0 aliphatic carbocycles. The van der Waals surface area contributed by atoms with Crippen molar-refractivity contribution < 1.29 is 14.3 Å². The van der Waals surface area contributed by atoms with Gasteiger partial charge < -0.3 is 4.74 Å². The van der Waals surface area contributed by atoms with E-state index in [1.807, 2.05) is 0 Å². The summed E-state index contributed by atoms with van der Waals surface area (Å²) in [5, 5.41) is 0. The molecule has 1 unspecified atom stereocenters. The standard InChI is InChI=1S/C54H106O3/c1-5-7-9-11-12-13-14-15-16-19-22-25-31-36-42-48-53(55)52(46-40-10-8-6-2)47-41-35-30-26-27-32-37-43-49-54(56)57-50-44-38-33-28-23-20-17-18-21-24-29-34-39-45-51(3)4/h51-52H,5-50H2,1-4H3. The fourth-order valence-electron chi connectivity index (χ4n) is 8.74. The van der Waals surface area contributed by atoms with Gasteiger partial charge in [0.15, 0.2) is 0 Å². The highest BCUT2D eigenvalue weighted by Crippen LogP contribution is 2.23. The first-order chi connectivity index (χ1) is 28.0. The maximum absolute atomic E-state index is 13.2. The van der Waals surface area contributed by atoms with Crippen molar-refractivity contribution in [2.45, 2.75) is 317 Å². The van der Waals surface area contributed by atoms with Crippen LogP contribution in [0, 0.1) is 11.8 Å². The molecule has 0 fully saturated rings. The summed E-state index contributed by atoms with van der Waals surface area (Å²) >= 11 is 0. The van der Waals surface area contributed by atoms with Crippen molar-refractivity contribution in [1.82, 2.24) is 0 Å². The first-order valence-corrected chi connectivity index (χ1v) is 26.7. The smallest absolute Gasteiger partial charge is 0.305 e. The number of hydrogen-bond acceptors (Lipinski definition) is 3. The molecule has 0 saturated heterocycles. The molecule has 0 saturated carbocycles. The van der Waals surface area contributed by atoms with Gasteiger partial charge in [0.2, 0.25) is 0 Å². The van der Waals surface area contributed by atoms with Gasteiger partial charge in [-0.1, -0.05) is 272 Å². The third-order valence-electron chi connectivity index (χ3n) is 12.8. The quantitative estimate of drug-likeness (QED) is 0.0454. The number of carbonyl (C=O) groups is 2. The molecule has 0 aromatic rings. The third kappa shape index (κ3) is 46.1. The zero-order chi connectivity index (χ0) is 41.5. The molecule has 1 atom stereocenters. The maximum atomic E-state index is 13.2. The number of ketones is 1. The van der Waals surface area contributed by atoms with Crippen molar-refractivity contribution >= 4 is 11.8 Å². The number of Topliss-reactive ketones (excluding diaryl/α,β-unsaturated/α-hetero) is 1. The van der Waals surface area contributed by atoms with E-state index in [9.17, 15) is 9.59 Å². The summed E-state index contributed by atoms with van der Waals surface area (Å²) < 4.78 is 5.51. The molecule has 0 N–H and O–H groups in total. The van der Waals surface area contributed by atoms with Crippen LogP contribution in [0.5, 0.6) is 0 Å². The highest BCUT2D eigenvalue weighted by Gasteiger charge is 2.17. The van der Waals surface area contributed by atoms with Crippen LogP contribution in [0.4, 0.5) is 0 Å². The molecule has 0 radical (unpaired) electrons. The third-order valence-corrected chi connectivity index (χ3v) is 12.8. The second-order valence-electron chi connectivity index (χ2n) is 19.1. The van der Waals surface area contributed by atoms with Crippen LogP contribution in [0.3, 0.4) is 0 Å². The van der Waals surface area contributed by atoms with Gasteiger partial charge in [-0.25, -0.2) is 0 Å². The number of rotatable bonds is 49. The lowest BCUT2D eigenvalue weighted by Gasteiger charge is -2.16. The normalized spacial score (nSPS) is 12.2. The highest BCUT2D eigenvalue weighted by molar-refractivity contribution is 5.80. The molecule has 57 heavy (non-hydrogen) atoms. The summed E-state index contributed by atoms with van der Waals surface area (Å²) in [6.45, 7) is 9.85. The summed E-state index contributed by atoms with van der Waals surface area (Å²) in [5.74, 6) is 1.76. The van der Waals surface area contributed by atoms with Crippen LogP contribution in [0.1, 0.15) is 317 Å². The van der Waals surface area contributed by atoms with Crippen LogP contribution in [-0.4, -0.2) is 18.4 Å². The maximum Gasteiger partial charge on any atom is 0.305 e. The Morgan fingerprint density at radius 2 is 0.614 bits per heavy atom. The average molecular weight is 803 g/mol. The average Bonchev–Trinajstić information content (AvgIpc) is 3.20. The monoisotopic (exact) mass is 803 g/mol. The molecule has 3 nitrogen and oxygen atoms in total. The Hall–Kier alpha value is -0.860. The minimum Gasteiger partial charge on any atom is -0.466 e. The number of ether oxygens (including phenoxy) is 1. The Morgan fingerprint density at radius 3 is 0.982 bits per heavy atom. The van der Waals surface area contributed by atoms with E-state index in [0.717, 1.165) is 50.9 Å². The molecule has 0 heterocycles. The fourth-order valence-corrected chi connectivity index (χ4v) is 8.74. The second-order valence-corrected chi connectivity index (χ2v) is 19.1. The molecule has 0 bridgehead atoms. The molecule has 0 amide bonds. The Morgan fingerprint density at radius 1 is 0.333 bits per heavy atom. The molecule has 0 rings (SSSR count). The van der Waals surface area contributed by atoms with Gasteiger partial charge in [-0.05, 0) is 38.0 Å². The first kappa shape index (κ1) is 56.1. The van der Waals surface area contributed by atoms with Crippen molar-refractivity contribution in [2.24, 2.45) is 11.8 Å². The Kier molecular flexibility index (Phi) is 47.1. The minimum atomic E-state index is 0.00769. The highest BCUT2D eigenvalue weighted by atomic mass is 16.5. The molecule has 340 valence electrons. The molecule has 0 aliphatic heterocycles. The van der Waals surface area contributed by atoms with Crippen molar-refractivity contribution in [1.29, 1.82) is 0 Å². The number of unbranched alkanes of at least 4 members (excludes halogenated alkanes) is 36. The van der Waals surface area contributed by atoms with E-state index in [4.69, 9.17) is 4.74 Å². The Bertz CT molecular complexity index is 790. The van der Waals surface area contributed by atoms with E-state index in [2.05, 4.69) is 27.7 Å². The predicted octanol–water partition coefficient (Wildman–Crippen LogP) is 19.0. The van der Waals surface area contributed by atoms with Crippen LogP contribution in [0.15, 0.2) is 0 Å². The Labute approximate surface area is 360 Å². The van der Waals surface area contributed by atoms with Gasteiger partial charge in [-0.15, -0.1) is 0 Å². The number of hydrogen-bond donors (Lipinski definition) is 0. The van der Waals surface area contributed by atoms with Crippen LogP contribution in [-0.2, 0) is 14.3 Å². The fraction of sp³-hybridized carbons (Fsp3) is 0.963. The predicted molar refractivity (Wildman–Crippen MR) is 253 cm³/mol. The summed E-state index contributed by atoms with van der Waals surface area (Å²) in [6.07, 6.45) is 58.0. The largest absolute Gasteiger partial charge is 0.466 e.